The monoisotopic (exact) mass is 601 g/mol. The van der Waals surface area contributed by atoms with Gasteiger partial charge in [0.25, 0.3) is 5.91 Å². The minimum atomic E-state index is 0.0306. The average molecular weight is 603 g/mol. The van der Waals surface area contributed by atoms with Gasteiger partial charge in [0.2, 0.25) is 0 Å². The van der Waals surface area contributed by atoms with Gasteiger partial charge >= 0.3 is 0 Å². The number of para-hydroxylation sites is 1. The highest BCUT2D eigenvalue weighted by Gasteiger charge is 2.25. The maximum Gasteiger partial charge on any atom is 0.253 e. The number of carbonyl (C=O) groups excluding carboxylic acids is 1. The number of ether oxygens (including phenoxy) is 1. The van der Waals surface area contributed by atoms with Crippen LogP contribution in [0.1, 0.15) is 23.2 Å². The van der Waals surface area contributed by atoms with Crippen LogP contribution in [0.15, 0.2) is 95.6 Å². The second kappa shape index (κ2) is 11.1. The molecule has 1 aliphatic heterocycles. The molecule has 39 heavy (non-hydrogen) atoms. The fraction of sp³-hybridized carbons (Fsp3) is 0.167. The van der Waals surface area contributed by atoms with Gasteiger partial charge in [-0.3, -0.25) is 4.79 Å². The zero-order valence-corrected chi connectivity index (χ0v) is 23.3. The van der Waals surface area contributed by atoms with Crippen LogP contribution in [-0.4, -0.2) is 44.5 Å². The molecular weight excluding hydrogens is 578 g/mol. The summed E-state index contributed by atoms with van der Waals surface area (Å²) in [6.07, 6.45) is 3.37. The van der Waals surface area contributed by atoms with Gasteiger partial charge in [0, 0.05) is 41.3 Å². The van der Waals surface area contributed by atoms with E-state index in [1.54, 1.807) is 10.7 Å². The number of benzene rings is 3. The second-order valence-corrected chi connectivity index (χ2v) is 10.6. The first kappa shape index (κ1) is 25.4. The van der Waals surface area contributed by atoms with Crippen molar-refractivity contribution in [3.8, 4) is 22.8 Å². The Labute approximate surface area is 239 Å². The molecule has 2 aromatic heterocycles. The van der Waals surface area contributed by atoms with Crippen LogP contribution in [0.25, 0.3) is 16.9 Å². The van der Waals surface area contributed by atoms with E-state index in [9.17, 15) is 4.79 Å². The lowest BCUT2D eigenvalue weighted by Gasteiger charge is -2.33. The summed E-state index contributed by atoms with van der Waals surface area (Å²) in [5.74, 6) is 2.33. The van der Waals surface area contributed by atoms with Crippen molar-refractivity contribution in [1.82, 2.24) is 19.5 Å². The van der Waals surface area contributed by atoms with Crippen LogP contribution in [0.3, 0.4) is 0 Å². The van der Waals surface area contributed by atoms with Crippen molar-refractivity contribution >= 4 is 44.9 Å². The molecule has 1 saturated heterocycles. The fourth-order valence-electron chi connectivity index (χ4n) is 4.75. The van der Waals surface area contributed by atoms with E-state index in [2.05, 4.69) is 26.3 Å². The molecule has 196 valence electrons. The summed E-state index contributed by atoms with van der Waals surface area (Å²) in [6, 6.07) is 26.7. The van der Waals surface area contributed by atoms with Gasteiger partial charge in [-0.05, 0) is 71.2 Å². The molecule has 6 rings (SSSR count). The first-order valence-electron chi connectivity index (χ1n) is 12.7. The number of hydrogen-bond acceptors (Lipinski definition) is 5. The predicted octanol–water partition coefficient (Wildman–Crippen LogP) is 7.32. The summed E-state index contributed by atoms with van der Waals surface area (Å²) in [5, 5.41) is 8.77. The molecule has 0 spiro atoms. The third kappa shape index (κ3) is 5.48. The molecule has 1 aliphatic rings. The van der Waals surface area contributed by atoms with Crippen molar-refractivity contribution in [1.29, 1.82) is 0 Å². The lowest BCUT2D eigenvalue weighted by molar-refractivity contribution is 0.0718. The standard InChI is InChI=1S/C30H25BrClN5O2/c31-25-19-33-37-28(18-27(35-29(25)37)24-8-4-5-9-26(24)32)34-21-14-16-36(17-15-21)30(38)20-10-12-23(13-11-20)39-22-6-2-1-3-7-22/h1-13,18-19,21,34H,14-17H2. The third-order valence-corrected chi connectivity index (χ3v) is 7.68. The lowest BCUT2D eigenvalue weighted by atomic mass is 10.0. The van der Waals surface area contributed by atoms with E-state index in [1.165, 1.54) is 0 Å². The van der Waals surface area contributed by atoms with Crippen molar-refractivity contribution in [3.63, 3.8) is 0 Å². The van der Waals surface area contributed by atoms with Crippen molar-refractivity contribution in [2.75, 3.05) is 18.4 Å². The number of rotatable bonds is 6. The average Bonchev–Trinajstić information content (AvgIpc) is 3.35. The van der Waals surface area contributed by atoms with Crippen molar-refractivity contribution in [2.24, 2.45) is 0 Å². The molecular formula is C30H25BrClN5O2. The number of fused-ring (bicyclic) bond motifs is 1. The number of anilines is 1. The number of amides is 1. The van der Waals surface area contributed by atoms with Gasteiger partial charge in [0.15, 0.2) is 5.65 Å². The maximum absolute atomic E-state index is 13.2. The molecule has 1 N–H and O–H groups in total. The van der Waals surface area contributed by atoms with E-state index in [4.69, 9.17) is 21.3 Å². The molecule has 9 heteroatoms. The molecule has 0 unspecified atom stereocenters. The van der Waals surface area contributed by atoms with Gasteiger partial charge in [-0.25, -0.2) is 4.98 Å². The number of nitrogens with one attached hydrogen (secondary N) is 1. The zero-order chi connectivity index (χ0) is 26.8. The molecule has 1 amide bonds. The molecule has 1 fully saturated rings. The molecule has 0 saturated carbocycles. The molecule has 0 atom stereocenters. The number of likely N-dealkylation sites (tertiary alicyclic amines) is 1. The Kier molecular flexibility index (Phi) is 7.22. The molecule has 7 nitrogen and oxygen atoms in total. The Hall–Kier alpha value is -3.88. The minimum absolute atomic E-state index is 0.0306. The fourth-order valence-corrected chi connectivity index (χ4v) is 5.34. The Morgan fingerprint density at radius 3 is 2.38 bits per heavy atom. The smallest absolute Gasteiger partial charge is 0.253 e. The molecule has 5 aromatic rings. The van der Waals surface area contributed by atoms with Gasteiger partial charge in [0.05, 0.1) is 16.4 Å². The molecule has 0 bridgehead atoms. The lowest BCUT2D eigenvalue weighted by Crippen LogP contribution is -2.42. The highest BCUT2D eigenvalue weighted by Crippen LogP contribution is 2.31. The van der Waals surface area contributed by atoms with Gasteiger partial charge in [0.1, 0.15) is 17.3 Å². The summed E-state index contributed by atoms with van der Waals surface area (Å²) in [6.45, 7) is 1.32. The zero-order valence-electron chi connectivity index (χ0n) is 20.9. The minimum Gasteiger partial charge on any atom is -0.457 e. The molecule has 3 aromatic carbocycles. The first-order valence-corrected chi connectivity index (χ1v) is 13.9. The molecule has 0 aliphatic carbocycles. The normalized spacial score (nSPS) is 13.9. The SMILES string of the molecule is O=C(c1ccc(Oc2ccccc2)cc1)N1CCC(Nc2cc(-c3ccccc3Cl)nc3c(Br)cnn23)CC1. The number of halogens is 2. The molecule has 3 heterocycles. The summed E-state index contributed by atoms with van der Waals surface area (Å²) in [5.41, 5.74) is 2.99. The van der Waals surface area contributed by atoms with Crippen LogP contribution in [0.4, 0.5) is 5.82 Å². The number of aromatic nitrogens is 3. The van der Waals surface area contributed by atoms with Crippen LogP contribution >= 0.6 is 27.5 Å². The highest BCUT2D eigenvalue weighted by molar-refractivity contribution is 9.10. The Morgan fingerprint density at radius 1 is 0.949 bits per heavy atom. The largest absolute Gasteiger partial charge is 0.457 e. The van der Waals surface area contributed by atoms with Gasteiger partial charge in [-0.2, -0.15) is 9.61 Å². The first-order chi connectivity index (χ1) is 19.0. The van der Waals surface area contributed by atoms with Crippen molar-refractivity contribution in [2.45, 2.75) is 18.9 Å². The quantitative estimate of drug-likeness (QED) is 0.220. The van der Waals surface area contributed by atoms with Gasteiger partial charge < -0.3 is 15.0 Å². The van der Waals surface area contributed by atoms with E-state index in [0.29, 0.717) is 35.1 Å². The van der Waals surface area contributed by atoms with E-state index < -0.39 is 0 Å². The van der Waals surface area contributed by atoms with Crippen LogP contribution in [-0.2, 0) is 0 Å². The van der Waals surface area contributed by atoms with E-state index in [0.717, 1.165) is 40.1 Å². The van der Waals surface area contributed by atoms with E-state index in [-0.39, 0.29) is 11.9 Å². The van der Waals surface area contributed by atoms with E-state index >= 15 is 0 Å². The third-order valence-electron chi connectivity index (χ3n) is 6.79. The van der Waals surface area contributed by atoms with E-state index in [1.807, 2.05) is 89.8 Å². The summed E-state index contributed by atoms with van der Waals surface area (Å²) in [4.78, 5) is 19.9. The van der Waals surface area contributed by atoms with Crippen molar-refractivity contribution in [3.05, 3.63) is 106 Å². The Bertz CT molecular complexity index is 1620. The van der Waals surface area contributed by atoms with Crippen LogP contribution in [0, 0.1) is 0 Å². The number of carbonyl (C=O) groups is 1. The number of piperidine rings is 1. The van der Waals surface area contributed by atoms with Crippen molar-refractivity contribution < 1.29 is 9.53 Å². The predicted molar refractivity (Wildman–Crippen MR) is 157 cm³/mol. The van der Waals surface area contributed by atoms with Crippen LogP contribution in [0.2, 0.25) is 5.02 Å². The summed E-state index contributed by atoms with van der Waals surface area (Å²) < 4.78 is 8.45. The Morgan fingerprint density at radius 2 is 1.64 bits per heavy atom. The Balaban J connectivity index is 1.13. The van der Waals surface area contributed by atoms with Gasteiger partial charge in [-0.1, -0.05) is 48.0 Å². The topological polar surface area (TPSA) is 71.8 Å². The second-order valence-electron chi connectivity index (χ2n) is 9.38. The maximum atomic E-state index is 13.2. The number of hydrogen-bond donors (Lipinski definition) is 1. The van der Waals surface area contributed by atoms with Crippen LogP contribution in [0.5, 0.6) is 11.5 Å². The summed E-state index contributed by atoms with van der Waals surface area (Å²) in [7, 11) is 0. The van der Waals surface area contributed by atoms with Gasteiger partial charge in [-0.15, -0.1) is 0 Å². The molecule has 0 radical (unpaired) electrons. The van der Waals surface area contributed by atoms with Crippen LogP contribution < -0.4 is 10.1 Å². The highest BCUT2D eigenvalue weighted by atomic mass is 79.9. The number of nitrogens with zero attached hydrogens (tertiary/aromatic N) is 4. The summed E-state index contributed by atoms with van der Waals surface area (Å²) >= 11 is 10.0.